The van der Waals surface area contributed by atoms with Gasteiger partial charge in [-0.3, -0.25) is 14.2 Å². The number of alkyl halides is 3. The van der Waals surface area contributed by atoms with E-state index in [1.54, 1.807) is 42.7 Å². The van der Waals surface area contributed by atoms with E-state index in [1.165, 1.54) is 12.1 Å². The molecule has 10 heteroatoms. The number of aliphatic carboxylic acids is 1. The van der Waals surface area contributed by atoms with Crippen molar-refractivity contribution in [3.63, 3.8) is 0 Å². The summed E-state index contributed by atoms with van der Waals surface area (Å²) in [5.41, 5.74) is 5.33. The van der Waals surface area contributed by atoms with Crippen molar-refractivity contribution in [2.24, 2.45) is 5.73 Å². The van der Waals surface area contributed by atoms with Gasteiger partial charge in [-0.15, -0.1) is 13.2 Å². The van der Waals surface area contributed by atoms with Crippen molar-refractivity contribution in [2.45, 2.75) is 39.0 Å². The molecule has 3 aromatic rings. The van der Waals surface area contributed by atoms with Gasteiger partial charge in [-0.25, -0.2) is 4.98 Å². The third-order valence-electron chi connectivity index (χ3n) is 4.44. The molecule has 0 saturated carbocycles. The number of primary amides is 1. The molecule has 2 aromatic heterocycles. The van der Waals surface area contributed by atoms with Crippen molar-refractivity contribution in [2.75, 3.05) is 0 Å². The maximum atomic E-state index is 12.6. The van der Waals surface area contributed by atoms with E-state index in [1.807, 2.05) is 13.0 Å². The smallest absolute Gasteiger partial charge is 0.481 e. The molecular formula is C21H22F3N3O4. The third-order valence-corrected chi connectivity index (χ3v) is 4.44. The highest BCUT2D eigenvalue weighted by molar-refractivity contribution is 5.84. The molecule has 3 rings (SSSR count). The minimum absolute atomic E-state index is 0.0988. The van der Waals surface area contributed by atoms with E-state index in [0.29, 0.717) is 17.0 Å². The zero-order valence-electron chi connectivity index (χ0n) is 17.1. The molecule has 0 aliphatic heterocycles. The maximum absolute atomic E-state index is 12.6. The number of hydrogen-bond donors (Lipinski definition) is 2. The van der Waals surface area contributed by atoms with E-state index >= 15 is 0 Å². The molecule has 0 aliphatic rings. The molecule has 1 aromatic carbocycles. The SMILES string of the molecule is Cc1cc2ccc(OC(F)(F)F)cc2n1-c1cccc(C(C)(C)CC(=O)O)n1.NC=O. The number of nitrogens with zero attached hydrogens (tertiary/aromatic N) is 2. The van der Waals surface area contributed by atoms with Crippen molar-refractivity contribution in [3.8, 4) is 11.6 Å². The molecule has 0 fully saturated rings. The molecule has 0 bridgehead atoms. The average Bonchev–Trinajstić information content (AvgIpc) is 2.95. The molecule has 7 nitrogen and oxygen atoms in total. The number of carboxylic acids is 1. The fourth-order valence-electron chi connectivity index (χ4n) is 3.21. The van der Waals surface area contributed by atoms with E-state index in [2.05, 4.69) is 15.5 Å². The van der Waals surface area contributed by atoms with Gasteiger partial charge in [0.05, 0.1) is 11.9 Å². The number of halogens is 3. The van der Waals surface area contributed by atoms with Crippen molar-refractivity contribution in [1.82, 2.24) is 9.55 Å². The van der Waals surface area contributed by atoms with Crippen LogP contribution in [0.1, 0.15) is 31.7 Å². The van der Waals surface area contributed by atoms with E-state index < -0.39 is 17.7 Å². The van der Waals surface area contributed by atoms with Crippen molar-refractivity contribution >= 4 is 23.3 Å². The van der Waals surface area contributed by atoms with Crippen molar-refractivity contribution < 1.29 is 32.6 Å². The molecule has 1 amide bonds. The van der Waals surface area contributed by atoms with Gasteiger partial charge < -0.3 is 15.6 Å². The Kier molecular flexibility index (Phi) is 6.94. The Hall–Kier alpha value is -3.56. The van der Waals surface area contributed by atoms with Gasteiger partial charge in [-0.2, -0.15) is 0 Å². The molecule has 0 aliphatic carbocycles. The normalized spacial score (nSPS) is 11.5. The van der Waals surface area contributed by atoms with Gasteiger partial charge in [0.15, 0.2) is 0 Å². The summed E-state index contributed by atoms with van der Waals surface area (Å²) in [5.74, 6) is -0.761. The lowest BCUT2D eigenvalue weighted by atomic mass is 9.85. The molecule has 31 heavy (non-hydrogen) atoms. The first-order valence-electron chi connectivity index (χ1n) is 9.11. The molecule has 0 saturated heterocycles. The fraction of sp³-hybridized carbons (Fsp3) is 0.286. The second kappa shape index (κ2) is 9.07. The third kappa shape index (κ3) is 5.97. The first kappa shape index (κ1) is 23.7. The molecule has 0 spiro atoms. The fourth-order valence-corrected chi connectivity index (χ4v) is 3.21. The highest BCUT2D eigenvalue weighted by Crippen LogP contribution is 2.31. The average molecular weight is 437 g/mol. The Bertz CT molecular complexity index is 1090. The number of carboxylic acid groups (broad SMARTS) is 1. The monoisotopic (exact) mass is 437 g/mol. The predicted molar refractivity (Wildman–Crippen MR) is 108 cm³/mol. The van der Waals surface area contributed by atoms with Crippen molar-refractivity contribution in [3.05, 3.63) is 53.9 Å². The van der Waals surface area contributed by atoms with Gasteiger partial charge in [0, 0.05) is 28.3 Å². The molecule has 3 N–H and O–H groups in total. The van der Waals surface area contributed by atoms with E-state index in [4.69, 9.17) is 9.90 Å². The Balaban J connectivity index is 0.00000107. The Morgan fingerprint density at radius 1 is 1.23 bits per heavy atom. The molecule has 166 valence electrons. The number of aryl methyl sites for hydroxylation is 1. The Morgan fingerprint density at radius 2 is 1.87 bits per heavy atom. The van der Waals surface area contributed by atoms with Gasteiger partial charge in [0.2, 0.25) is 6.41 Å². The standard InChI is InChI=1S/C20H19F3N2O3.CH3NO/c1-12-9-13-7-8-14(28-20(21,22)23)10-15(13)25(12)17-6-4-5-16(24-17)19(2,3)11-18(26)27;2-1-3/h4-10H,11H2,1-3H3,(H,26,27);1H,(H2,2,3). The number of aromatic nitrogens is 2. The van der Waals surface area contributed by atoms with Crippen LogP contribution in [0.3, 0.4) is 0 Å². The number of fused-ring (bicyclic) bond motifs is 1. The molecule has 0 unspecified atom stereocenters. The van der Waals surface area contributed by atoms with Crippen molar-refractivity contribution in [1.29, 1.82) is 0 Å². The van der Waals surface area contributed by atoms with Crippen LogP contribution in [-0.4, -0.2) is 33.4 Å². The van der Waals surface area contributed by atoms with Crippen LogP contribution < -0.4 is 10.5 Å². The lowest BCUT2D eigenvalue weighted by Crippen LogP contribution is -2.23. The largest absolute Gasteiger partial charge is 0.573 e. The number of benzene rings is 1. The van der Waals surface area contributed by atoms with Gasteiger partial charge in [-0.05, 0) is 37.3 Å². The highest BCUT2D eigenvalue weighted by atomic mass is 19.4. The summed E-state index contributed by atoms with van der Waals surface area (Å²) in [6.07, 6.45) is -4.63. The number of amides is 1. The second-order valence-corrected chi connectivity index (χ2v) is 7.36. The first-order chi connectivity index (χ1) is 14.4. The minimum atomic E-state index is -4.78. The second-order valence-electron chi connectivity index (χ2n) is 7.36. The number of hydrogen-bond acceptors (Lipinski definition) is 4. The summed E-state index contributed by atoms with van der Waals surface area (Å²) in [6.45, 7) is 5.38. The summed E-state index contributed by atoms with van der Waals surface area (Å²) in [4.78, 5) is 24.3. The predicted octanol–water partition coefficient (Wildman–Crippen LogP) is 4.09. The van der Waals surface area contributed by atoms with Gasteiger partial charge in [0.25, 0.3) is 0 Å². The lowest BCUT2D eigenvalue weighted by molar-refractivity contribution is -0.274. The first-order valence-corrected chi connectivity index (χ1v) is 9.11. The quantitative estimate of drug-likeness (QED) is 0.585. The van der Waals surface area contributed by atoms with Crippen LogP contribution in [-0.2, 0) is 15.0 Å². The lowest BCUT2D eigenvalue weighted by Gasteiger charge is -2.22. The highest BCUT2D eigenvalue weighted by Gasteiger charge is 2.31. The topological polar surface area (TPSA) is 107 Å². The van der Waals surface area contributed by atoms with Crippen LogP contribution in [0.15, 0.2) is 42.5 Å². The molecular weight excluding hydrogens is 415 g/mol. The number of carbonyl (C=O) groups is 2. The summed E-state index contributed by atoms with van der Waals surface area (Å²) >= 11 is 0. The molecule has 2 heterocycles. The number of ether oxygens (including phenoxy) is 1. The minimum Gasteiger partial charge on any atom is -0.481 e. The van der Waals surface area contributed by atoms with Gasteiger partial charge >= 0.3 is 12.3 Å². The number of carbonyl (C=O) groups excluding carboxylic acids is 1. The summed E-state index contributed by atoms with van der Waals surface area (Å²) in [5, 5.41) is 9.87. The number of pyridine rings is 1. The Morgan fingerprint density at radius 3 is 2.45 bits per heavy atom. The van der Waals surface area contributed by atoms with Crippen LogP contribution in [0, 0.1) is 6.92 Å². The van der Waals surface area contributed by atoms with E-state index in [9.17, 15) is 18.0 Å². The van der Waals surface area contributed by atoms with Gasteiger partial charge in [0.1, 0.15) is 11.6 Å². The van der Waals surface area contributed by atoms with Crippen LogP contribution in [0.25, 0.3) is 16.7 Å². The van der Waals surface area contributed by atoms with Crippen LogP contribution in [0.4, 0.5) is 13.2 Å². The number of nitrogens with two attached hydrogens (primary N) is 1. The van der Waals surface area contributed by atoms with Crippen LogP contribution in [0.2, 0.25) is 0 Å². The zero-order valence-corrected chi connectivity index (χ0v) is 17.1. The van der Waals surface area contributed by atoms with E-state index in [-0.39, 0.29) is 18.6 Å². The van der Waals surface area contributed by atoms with E-state index in [0.717, 1.165) is 11.1 Å². The summed E-state index contributed by atoms with van der Waals surface area (Å²) in [7, 11) is 0. The maximum Gasteiger partial charge on any atom is 0.573 e. The van der Waals surface area contributed by atoms with Crippen LogP contribution in [0.5, 0.6) is 5.75 Å². The van der Waals surface area contributed by atoms with Gasteiger partial charge in [-0.1, -0.05) is 19.9 Å². The summed E-state index contributed by atoms with van der Waals surface area (Å²) in [6, 6.07) is 11.2. The molecule has 0 radical (unpaired) electrons. The summed E-state index contributed by atoms with van der Waals surface area (Å²) < 4.78 is 43.5. The Labute approximate surface area is 176 Å². The zero-order chi connectivity index (χ0) is 23.4. The number of rotatable bonds is 5. The van der Waals surface area contributed by atoms with Crippen LogP contribution >= 0.6 is 0 Å². The molecule has 0 atom stereocenters.